The van der Waals surface area contributed by atoms with E-state index in [4.69, 9.17) is 0 Å². The summed E-state index contributed by atoms with van der Waals surface area (Å²) in [6.07, 6.45) is 3.13. The Bertz CT molecular complexity index is 1010. The Balaban J connectivity index is 2.11. The summed E-state index contributed by atoms with van der Waals surface area (Å²) < 4.78 is 55.0. The maximum Gasteiger partial charge on any atom is 0.354 e. The van der Waals surface area contributed by atoms with Gasteiger partial charge in [0.15, 0.2) is 17.3 Å². The van der Waals surface area contributed by atoms with Crippen LogP contribution in [0.5, 0.6) is 0 Å². The van der Waals surface area contributed by atoms with Crippen molar-refractivity contribution in [3.63, 3.8) is 0 Å². The molecule has 4 nitrogen and oxygen atoms in total. The molecule has 26 heavy (non-hydrogen) atoms. The van der Waals surface area contributed by atoms with Gasteiger partial charge in [-0.2, -0.15) is 0 Å². The molecule has 0 radical (unpaired) electrons. The molecule has 0 saturated carbocycles. The summed E-state index contributed by atoms with van der Waals surface area (Å²) in [5.41, 5.74) is -0.590. The quantitative estimate of drug-likeness (QED) is 0.556. The summed E-state index contributed by atoms with van der Waals surface area (Å²) in [7, 11) is 0. The zero-order chi connectivity index (χ0) is 18.8. The lowest BCUT2D eigenvalue weighted by atomic mass is 10.1. The standard InChI is InChI=1S/C18H10F4N2O2/c19-10-1-3-11(4-2-10)24-15(18(25)26)9-23-16(24)8-5-12-13(20)6-7-14(21)17(12)22/h1-9H,(H,25,26). The Hall–Kier alpha value is -3.42. The second-order valence-corrected chi connectivity index (χ2v) is 5.21. The van der Waals surface area contributed by atoms with Crippen LogP contribution in [-0.2, 0) is 0 Å². The predicted molar refractivity (Wildman–Crippen MR) is 85.7 cm³/mol. The van der Waals surface area contributed by atoms with Gasteiger partial charge in [0.05, 0.1) is 6.20 Å². The minimum Gasteiger partial charge on any atom is -0.477 e. The van der Waals surface area contributed by atoms with Crippen molar-refractivity contribution in [1.82, 2.24) is 9.55 Å². The third-order valence-electron chi connectivity index (χ3n) is 3.57. The number of hydrogen-bond donors (Lipinski definition) is 1. The first-order valence-electron chi connectivity index (χ1n) is 7.27. The Morgan fingerprint density at radius 3 is 2.27 bits per heavy atom. The monoisotopic (exact) mass is 362 g/mol. The Morgan fingerprint density at radius 2 is 1.62 bits per heavy atom. The number of benzene rings is 2. The van der Waals surface area contributed by atoms with Crippen LogP contribution in [0.4, 0.5) is 17.6 Å². The van der Waals surface area contributed by atoms with E-state index in [-0.39, 0.29) is 17.2 Å². The molecule has 0 bridgehead atoms. The second kappa shape index (κ2) is 6.83. The summed E-state index contributed by atoms with van der Waals surface area (Å²) in [6.45, 7) is 0. The summed E-state index contributed by atoms with van der Waals surface area (Å²) >= 11 is 0. The van der Waals surface area contributed by atoms with Crippen LogP contribution in [-0.4, -0.2) is 20.6 Å². The van der Waals surface area contributed by atoms with Gasteiger partial charge in [0.1, 0.15) is 17.5 Å². The van der Waals surface area contributed by atoms with Gasteiger partial charge in [0.25, 0.3) is 0 Å². The number of carboxylic acid groups (broad SMARTS) is 1. The summed E-state index contributed by atoms with van der Waals surface area (Å²) in [6, 6.07) is 6.33. The number of carbonyl (C=O) groups is 1. The Morgan fingerprint density at radius 1 is 0.962 bits per heavy atom. The van der Waals surface area contributed by atoms with Crippen LogP contribution in [0, 0.1) is 23.3 Å². The molecule has 0 aliphatic rings. The molecule has 0 aliphatic carbocycles. The first-order valence-corrected chi connectivity index (χ1v) is 7.27. The number of aromatic carboxylic acids is 1. The smallest absolute Gasteiger partial charge is 0.354 e. The zero-order valence-electron chi connectivity index (χ0n) is 13.0. The molecule has 0 atom stereocenters. The average Bonchev–Trinajstić information content (AvgIpc) is 3.03. The maximum absolute atomic E-state index is 13.7. The van der Waals surface area contributed by atoms with Crippen molar-refractivity contribution < 1.29 is 27.5 Å². The van der Waals surface area contributed by atoms with Gasteiger partial charge in [-0.25, -0.2) is 27.3 Å². The van der Waals surface area contributed by atoms with Crippen molar-refractivity contribution in [2.45, 2.75) is 0 Å². The van der Waals surface area contributed by atoms with Crippen LogP contribution in [0.1, 0.15) is 21.9 Å². The van der Waals surface area contributed by atoms with E-state index < -0.39 is 34.8 Å². The molecular formula is C18H10F4N2O2. The van der Waals surface area contributed by atoms with Gasteiger partial charge in [-0.05, 0) is 48.6 Å². The zero-order valence-corrected chi connectivity index (χ0v) is 13.0. The third-order valence-corrected chi connectivity index (χ3v) is 3.57. The number of imidazole rings is 1. The number of halogens is 4. The highest BCUT2D eigenvalue weighted by Gasteiger charge is 2.17. The number of hydrogen-bond acceptors (Lipinski definition) is 2. The number of aromatic nitrogens is 2. The van der Waals surface area contributed by atoms with Crippen LogP contribution >= 0.6 is 0 Å². The van der Waals surface area contributed by atoms with E-state index in [1.54, 1.807) is 0 Å². The van der Waals surface area contributed by atoms with E-state index in [1.807, 2.05) is 0 Å². The van der Waals surface area contributed by atoms with Crippen molar-refractivity contribution >= 4 is 18.1 Å². The van der Waals surface area contributed by atoms with Gasteiger partial charge in [0, 0.05) is 11.3 Å². The van der Waals surface area contributed by atoms with Gasteiger partial charge in [-0.3, -0.25) is 4.57 Å². The van der Waals surface area contributed by atoms with Gasteiger partial charge in [-0.15, -0.1) is 0 Å². The van der Waals surface area contributed by atoms with Gasteiger partial charge in [0.2, 0.25) is 0 Å². The van der Waals surface area contributed by atoms with Crippen molar-refractivity contribution in [1.29, 1.82) is 0 Å². The highest BCUT2D eigenvalue weighted by atomic mass is 19.2. The second-order valence-electron chi connectivity index (χ2n) is 5.21. The third kappa shape index (κ3) is 3.21. The maximum atomic E-state index is 13.7. The first-order chi connectivity index (χ1) is 12.4. The summed E-state index contributed by atoms with van der Waals surface area (Å²) in [5.74, 6) is -5.40. The molecule has 2 aromatic carbocycles. The molecule has 0 saturated heterocycles. The van der Waals surface area contributed by atoms with Crippen LogP contribution in [0.3, 0.4) is 0 Å². The van der Waals surface area contributed by atoms with Crippen molar-refractivity contribution in [2.24, 2.45) is 0 Å². The largest absolute Gasteiger partial charge is 0.477 e. The van der Waals surface area contributed by atoms with Gasteiger partial charge in [-0.1, -0.05) is 0 Å². The number of rotatable bonds is 4. The molecule has 3 rings (SSSR count). The highest BCUT2D eigenvalue weighted by molar-refractivity contribution is 5.87. The van der Waals surface area contributed by atoms with E-state index >= 15 is 0 Å². The Labute approximate surface area is 144 Å². The van der Waals surface area contributed by atoms with Crippen LogP contribution in [0.2, 0.25) is 0 Å². The lowest BCUT2D eigenvalue weighted by Gasteiger charge is -2.08. The molecule has 0 unspecified atom stereocenters. The fraction of sp³-hybridized carbons (Fsp3) is 0. The van der Waals surface area contributed by atoms with E-state index in [0.29, 0.717) is 6.07 Å². The van der Waals surface area contributed by atoms with E-state index in [1.165, 1.54) is 12.1 Å². The molecule has 0 amide bonds. The summed E-state index contributed by atoms with van der Waals surface area (Å²) in [5, 5.41) is 9.28. The van der Waals surface area contributed by atoms with Gasteiger partial charge >= 0.3 is 5.97 Å². The minimum atomic E-state index is -1.38. The molecule has 1 N–H and O–H groups in total. The molecule has 0 spiro atoms. The van der Waals surface area contributed by atoms with E-state index in [0.717, 1.165) is 41.1 Å². The molecule has 132 valence electrons. The minimum absolute atomic E-state index is 0.0112. The number of carboxylic acids is 1. The normalized spacial score (nSPS) is 11.2. The van der Waals surface area contributed by atoms with Crippen LogP contribution in [0.25, 0.3) is 17.8 Å². The van der Waals surface area contributed by atoms with Crippen LogP contribution < -0.4 is 0 Å². The average molecular weight is 362 g/mol. The van der Waals surface area contributed by atoms with E-state index in [9.17, 15) is 27.5 Å². The van der Waals surface area contributed by atoms with E-state index in [2.05, 4.69) is 4.98 Å². The molecule has 3 aromatic rings. The Kier molecular flexibility index (Phi) is 4.57. The predicted octanol–water partition coefficient (Wildman–Crippen LogP) is 4.30. The number of nitrogens with zero attached hydrogens (tertiary/aromatic N) is 2. The fourth-order valence-electron chi connectivity index (χ4n) is 2.35. The molecule has 1 aromatic heterocycles. The van der Waals surface area contributed by atoms with Crippen molar-refractivity contribution in [2.75, 3.05) is 0 Å². The molecule has 8 heteroatoms. The fourth-order valence-corrected chi connectivity index (χ4v) is 2.35. The topological polar surface area (TPSA) is 55.1 Å². The molecular weight excluding hydrogens is 352 g/mol. The lowest BCUT2D eigenvalue weighted by Crippen LogP contribution is -2.08. The highest BCUT2D eigenvalue weighted by Crippen LogP contribution is 2.21. The first kappa shape index (κ1) is 17.4. The van der Waals surface area contributed by atoms with Crippen LogP contribution in [0.15, 0.2) is 42.6 Å². The summed E-state index contributed by atoms with van der Waals surface area (Å²) in [4.78, 5) is 15.3. The lowest BCUT2D eigenvalue weighted by molar-refractivity contribution is 0.0688. The molecule has 0 fully saturated rings. The van der Waals surface area contributed by atoms with Crippen molar-refractivity contribution in [3.05, 3.63) is 82.9 Å². The molecule has 0 aliphatic heterocycles. The SMILES string of the molecule is O=C(O)c1cnc(C=Cc2c(F)ccc(F)c2F)n1-c1ccc(F)cc1. The van der Waals surface area contributed by atoms with Gasteiger partial charge < -0.3 is 5.11 Å². The molecule has 1 heterocycles. The van der Waals surface area contributed by atoms with Crippen molar-refractivity contribution in [3.8, 4) is 5.69 Å².